The standard InChI is InChI=1S/C13H20BrNO/c1-4-15-9-13(10(2)3)16-12-7-5-11(14)6-8-12/h5-8,10,13,15H,4,9H2,1-3H3. The maximum atomic E-state index is 5.95. The van der Waals surface area contributed by atoms with E-state index in [2.05, 4.69) is 42.0 Å². The molecular formula is C13H20BrNO. The smallest absolute Gasteiger partial charge is 0.119 e. The third-order valence-electron chi connectivity index (χ3n) is 2.44. The molecule has 0 fully saturated rings. The van der Waals surface area contributed by atoms with E-state index >= 15 is 0 Å². The Morgan fingerprint density at radius 3 is 2.38 bits per heavy atom. The molecule has 0 heterocycles. The van der Waals surface area contributed by atoms with E-state index in [9.17, 15) is 0 Å². The van der Waals surface area contributed by atoms with Crippen LogP contribution in [0.2, 0.25) is 0 Å². The van der Waals surface area contributed by atoms with E-state index in [0.717, 1.165) is 23.3 Å². The number of hydrogen-bond donors (Lipinski definition) is 1. The largest absolute Gasteiger partial charge is 0.489 e. The van der Waals surface area contributed by atoms with Crippen LogP contribution in [0.25, 0.3) is 0 Å². The summed E-state index contributed by atoms with van der Waals surface area (Å²) in [6.07, 6.45) is 0.223. The summed E-state index contributed by atoms with van der Waals surface area (Å²) in [4.78, 5) is 0. The van der Waals surface area contributed by atoms with E-state index in [-0.39, 0.29) is 6.10 Å². The second-order valence-corrected chi connectivity index (χ2v) is 5.08. The van der Waals surface area contributed by atoms with Crippen molar-refractivity contribution in [3.63, 3.8) is 0 Å². The first kappa shape index (κ1) is 13.5. The average Bonchev–Trinajstić information content (AvgIpc) is 2.26. The van der Waals surface area contributed by atoms with Gasteiger partial charge in [0.15, 0.2) is 0 Å². The second-order valence-electron chi connectivity index (χ2n) is 4.16. The summed E-state index contributed by atoms with van der Waals surface area (Å²) in [5.74, 6) is 1.43. The van der Waals surface area contributed by atoms with Crippen LogP contribution in [-0.2, 0) is 0 Å². The monoisotopic (exact) mass is 285 g/mol. The molecule has 0 amide bonds. The third-order valence-corrected chi connectivity index (χ3v) is 2.97. The average molecular weight is 286 g/mol. The lowest BCUT2D eigenvalue weighted by atomic mass is 10.1. The summed E-state index contributed by atoms with van der Waals surface area (Å²) >= 11 is 3.41. The molecule has 1 aromatic carbocycles. The van der Waals surface area contributed by atoms with Crippen LogP contribution >= 0.6 is 15.9 Å². The highest BCUT2D eigenvalue weighted by Gasteiger charge is 2.14. The van der Waals surface area contributed by atoms with E-state index in [1.807, 2.05) is 24.3 Å². The van der Waals surface area contributed by atoms with Gasteiger partial charge in [-0.2, -0.15) is 0 Å². The SMILES string of the molecule is CCNCC(Oc1ccc(Br)cc1)C(C)C. The van der Waals surface area contributed by atoms with Gasteiger partial charge in [-0.25, -0.2) is 0 Å². The molecule has 0 saturated carbocycles. The number of rotatable bonds is 6. The Morgan fingerprint density at radius 1 is 1.25 bits per heavy atom. The van der Waals surface area contributed by atoms with Crippen LogP contribution < -0.4 is 10.1 Å². The lowest BCUT2D eigenvalue weighted by Gasteiger charge is -2.22. The molecule has 2 nitrogen and oxygen atoms in total. The van der Waals surface area contributed by atoms with Crippen molar-refractivity contribution < 1.29 is 4.74 Å². The zero-order valence-electron chi connectivity index (χ0n) is 10.2. The molecule has 0 spiro atoms. The van der Waals surface area contributed by atoms with E-state index in [0.29, 0.717) is 5.92 Å². The number of nitrogens with one attached hydrogen (secondary N) is 1. The minimum atomic E-state index is 0.223. The molecule has 0 aliphatic rings. The van der Waals surface area contributed by atoms with Crippen molar-refractivity contribution in [1.82, 2.24) is 5.32 Å². The van der Waals surface area contributed by atoms with Crippen molar-refractivity contribution in [3.05, 3.63) is 28.7 Å². The van der Waals surface area contributed by atoms with Crippen LogP contribution in [0.4, 0.5) is 0 Å². The Labute approximate surface area is 107 Å². The summed E-state index contributed by atoms with van der Waals surface area (Å²) in [5.41, 5.74) is 0. The minimum Gasteiger partial charge on any atom is -0.489 e. The number of likely N-dealkylation sites (N-methyl/N-ethyl adjacent to an activating group) is 1. The first-order valence-electron chi connectivity index (χ1n) is 5.76. The molecule has 1 rings (SSSR count). The summed E-state index contributed by atoms with van der Waals surface area (Å²) in [6.45, 7) is 8.34. The highest BCUT2D eigenvalue weighted by Crippen LogP contribution is 2.19. The summed E-state index contributed by atoms with van der Waals surface area (Å²) in [7, 11) is 0. The second kappa shape index (κ2) is 6.92. The van der Waals surface area contributed by atoms with Crippen LogP contribution in [0.5, 0.6) is 5.75 Å². The maximum Gasteiger partial charge on any atom is 0.119 e. The molecule has 0 bridgehead atoms. The molecule has 0 aliphatic carbocycles. The van der Waals surface area contributed by atoms with Gasteiger partial charge in [0, 0.05) is 11.0 Å². The zero-order chi connectivity index (χ0) is 12.0. The lowest BCUT2D eigenvalue weighted by molar-refractivity contribution is 0.149. The first-order chi connectivity index (χ1) is 7.63. The summed E-state index contributed by atoms with van der Waals surface area (Å²) < 4.78 is 7.03. The van der Waals surface area contributed by atoms with Crippen LogP contribution in [0.15, 0.2) is 28.7 Å². The van der Waals surface area contributed by atoms with Gasteiger partial charge < -0.3 is 10.1 Å². The summed E-state index contributed by atoms with van der Waals surface area (Å²) in [5, 5.41) is 3.33. The van der Waals surface area contributed by atoms with Crippen molar-refractivity contribution in [2.45, 2.75) is 26.9 Å². The van der Waals surface area contributed by atoms with E-state index in [1.54, 1.807) is 0 Å². The fourth-order valence-corrected chi connectivity index (χ4v) is 1.65. The molecule has 0 aliphatic heterocycles. The van der Waals surface area contributed by atoms with Gasteiger partial charge >= 0.3 is 0 Å². The molecule has 1 aromatic rings. The Morgan fingerprint density at radius 2 is 1.88 bits per heavy atom. The highest BCUT2D eigenvalue weighted by atomic mass is 79.9. The molecular weight excluding hydrogens is 266 g/mol. The Balaban J connectivity index is 2.57. The van der Waals surface area contributed by atoms with Gasteiger partial charge in [-0.15, -0.1) is 0 Å². The van der Waals surface area contributed by atoms with Gasteiger partial charge in [0.2, 0.25) is 0 Å². The fraction of sp³-hybridized carbons (Fsp3) is 0.538. The predicted octanol–water partition coefficient (Wildman–Crippen LogP) is 3.46. The quantitative estimate of drug-likeness (QED) is 0.864. The minimum absolute atomic E-state index is 0.223. The molecule has 90 valence electrons. The van der Waals surface area contributed by atoms with Gasteiger partial charge in [0.1, 0.15) is 11.9 Å². The first-order valence-corrected chi connectivity index (χ1v) is 6.55. The van der Waals surface area contributed by atoms with Crippen molar-refractivity contribution >= 4 is 15.9 Å². The zero-order valence-corrected chi connectivity index (χ0v) is 11.8. The molecule has 0 saturated heterocycles. The Kier molecular flexibility index (Phi) is 5.85. The van der Waals surface area contributed by atoms with E-state index in [4.69, 9.17) is 4.74 Å². The molecule has 16 heavy (non-hydrogen) atoms. The van der Waals surface area contributed by atoms with Crippen LogP contribution in [0.3, 0.4) is 0 Å². The molecule has 3 heteroatoms. The molecule has 0 aromatic heterocycles. The van der Waals surface area contributed by atoms with Gasteiger partial charge in [-0.3, -0.25) is 0 Å². The van der Waals surface area contributed by atoms with E-state index in [1.165, 1.54) is 0 Å². The van der Waals surface area contributed by atoms with Gasteiger partial charge in [-0.1, -0.05) is 36.7 Å². The van der Waals surface area contributed by atoms with Crippen LogP contribution in [0, 0.1) is 5.92 Å². The third kappa shape index (κ3) is 4.54. The number of benzene rings is 1. The maximum absolute atomic E-state index is 5.95. The predicted molar refractivity (Wildman–Crippen MR) is 71.9 cm³/mol. The normalized spacial score (nSPS) is 12.8. The lowest BCUT2D eigenvalue weighted by Crippen LogP contribution is -2.35. The number of hydrogen-bond acceptors (Lipinski definition) is 2. The molecule has 1 unspecified atom stereocenters. The van der Waals surface area contributed by atoms with Gasteiger partial charge in [-0.05, 0) is 36.7 Å². The van der Waals surface area contributed by atoms with Gasteiger partial charge in [0.25, 0.3) is 0 Å². The van der Waals surface area contributed by atoms with Gasteiger partial charge in [0.05, 0.1) is 0 Å². The highest BCUT2D eigenvalue weighted by molar-refractivity contribution is 9.10. The molecule has 0 radical (unpaired) electrons. The topological polar surface area (TPSA) is 21.3 Å². The Bertz CT molecular complexity index is 297. The van der Waals surface area contributed by atoms with Crippen molar-refractivity contribution in [3.8, 4) is 5.75 Å². The van der Waals surface area contributed by atoms with Crippen LogP contribution in [0.1, 0.15) is 20.8 Å². The fourth-order valence-electron chi connectivity index (χ4n) is 1.39. The van der Waals surface area contributed by atoms with Crippen molar-refractivity contribution in [1.29, 1.82) is 0 Å². The van der Waals surface area contributed by atoms with E-state index < -0.39 is 0 Å². The van der Waals surface area contributed by atoms with Crippen molar-refractivity contribution in [2.24, 2.45) is 5.92 Å². The number of halogens is 1. The van der Waals surface area contributed by atoms with Crippen molar-refractivity contribution in [2.75, 3.05) is 13.1 Å². The number of ether oxygens (including phenoxy) is 1. The molecule has 1 N–H and O–H groups in total. The summed E-state index contributed by atoms with van der Waals surface area (Å²) in [6, 6.07) is 7.98. The molecule has 1 atom stereocenters. The Hall–Kier alpha value is -0.540. The van der Waals surface area contributed by atoms with Crippen LogP contribution in [-0.4, -0.2) is 19.2 Å².